The van der Waals surface area contributed by atoms with E-state index in [9.17, 15) is 0 Å². The average molecular weight is 229 g/mol. The van der Waals surface area contributed by atoms with E-state index < -0.39 is 0 Å². The van der Waals surface area contributed by atoms with Crippen molar-refractivity contribution >= 4 is 11.6 Å². The Balaban J connectivity index is 2.42. The van der Waals surface area contributed by atoms with Gasteiger partial charge < -0.3 is 10.4 Å². The largest absolute Gasteiger partial charge is 0.396 e. The number of hydrogen-bond donors (Lipinski definition) is 2. The number of nitrogens with zero attached hydrogens (tertiary/aromatic N) is 1. The molecule has 0 saturated carbocycles. The highest BCUT2D eigenvalue weighted by molar-refractivity contribution is 6.30. The quantitative estimate of drug-likeness (QED) is 0.756. The van der Waals surface area contributed by atoms with E-state index in [0.29, 0.717) is 11.7 Å². The molecule has 1 aromatic rings. The number of hydrogen-bond acceptors (Lipinski definition) is 3. The van der Waals surface area contributed by atoms with Crippen LogP contribution in [0.5, 0.6) is 0 Å². The lowest BCUT2D eigenvalue weighted by Gasteiger charge is -2.21. The lowest BCUT2D eigenvalue weighted by molar-refractivity contribution is 0.156. The van der Waals surface area contributed by atoms with Crippen molar-refractivity contribution in [2.24, 2.45) is 5.41 Å². The van der Waals surface area contributed by atoms with Crippen molar-refractivity contribution in [2.75, 3.05) is 13.2 Å². The molecule has 0 atom stereocenters. The summed E-state index contributed by atoms with van der Waals surface area (Å²) >= 11 is 5.91. The fourth-order valence-electron chi connectivity index (χ4n) is 1.14. The van der Waals surface area contributed by atoms with Gasteiger partial charge in [-0.15, -0.1) is 0 Å². The molecule has 0 spiro atoms. The minimum atomic E-state index is -0.102. The Hall–Kier alpha value is -0.640. The van der Waals surface area contributed by atoms with Crippen LogP contribution in [0.15, 0.2) is 18.3 Å². The molecule has 0 bridgehead atoms. The SMILES string of the molecule is CC(C)(CO)CNCc1cccnc1Cl. The van der Waals surface area contributed by atoms with Gasteiger partial charge in [0.05, 0.1) is 0 Å². The van der Waals surface area contributed by atoms with Crippen molar-refractivity contribution in [1.82, 2.24) is 10.3 Å². The molecule has 0 aliphatic heterocycles. The standard InChI is InChI=1S/C11H17ClN2O/c1-11(2,8-15)7-13-6-9-4-3-5-14-10(9)12/h3-5,13,15H,6-8H2,1-2H3. The summed E-state index contributed by atoms with van der Waals surface area (Å²) in [6.07, 6.45) is 1.67. The van der Waals surface area contributed by atoms with Crippen LogP contribution in [-0.2, 0) is 6.54 Å². The Morgan fingerprint density at radius 2 is 2.27 bits per heavy atom. The monoisotopic (exact) mass is 228 g/mol. The van der Waals surface area contributed by atoms with Crippen molar-refractivity contribution in [3.63, 3.8) is 0 Å². The van der Waals surface area contributed by atoms with Crippen LogP contribution >= 0.6 is 11.6 Å². The minimum Gasteiger partial charge on any atom is -0.396 e. The Kier molecular flexibility index (Phi) is 4.51. The van der Waals surface area contributed by atoms with Gasteiger partial charge in [-0.1, -0.05) is 31.5 Å². The van der Waals surface area contributed by atoms with Crippen molar-refractivity contribution in [3.05, 3.63) is 29.0 Å². The lowest BCUT2D eigenvalue weighted by Crippen LogP contribution is -2.31. The lowest BCUT2D eigenvalue weighted by atomic mass is 9.95. The molecule has 0 aliphatic rings. The Labute approximate surface area is 95.5 Å². The third-order valence-corrected chi connectivity index (χ3v) is 2.52. The minimum absolute atomic E-state index is 0.102. The molecule has 2 N–H and O–H groups in total. The van der Waals surface area contributed by atoms with Gasteiger partial charge in [0.2, 0.25) is 0 Å². The summed E-state index contributed by atoms with van der Waals surface area (Å²) in [5, 5.41) is 12.9. The Bertz CT molecular complexity index is 315. The molecule has 1 aromatic heterocycles. The van der Waals surface area contributed by atoms with Crippen LogP contribution in [0.1, 0.15) is 19.4 Å². The molecule has 0 saturated heterocycles. The maximum absolute atomic E-state index is 9.07. The molecular formula is C11H17ClN2O. The Morgan fingerprint density at radius 3 is 2.87 bits per heavy atom. The van der Waals surface area contributed by atoms with Crippen LogP contribution in [0.25, 0.3) is 0 Å². The fraction of sp³-hybridized carbons (Fsp3) is 0.545. The average Bonchev–Trinajstić information content (AvgIpc) is 2.21. The zero-order valence-electron chi connectivity index (χ0n) is 9.13. The van der Waals surface area contributed by atoms with Gasteiger partial charge in [-0.3, -0.25) is 0 Å². The van der Waals surface area contributed by atoms with E-state index >= 15 is 0 Å². The summed E-state index contributed by atoms with van der Waals surface area (Å²) in [5.74, 6) is 0. The molecule has 0 aliphatic carbocycles. The highest BCUT2D eigenvalue weighted by Crippen LogP contribution is 2.14. The van der Waals surface area contributed by atoms with Crippen molar-refractivity contribution in [1.29, 1.82) is 0 Å². The van der Waals surface area contributed by atoms with Gasteiger partial charge in [0, 0.05) is 36.9 Å². The van der Waals surface area contributed by atoms with E-state index in [1.165, 1.54) is 0 Å². The maximum atomic E-state index is 9.07. The first kappa shape index (κ1) is 12.4. The van der Waals surface area contributed by atoms with E-state index in [0.717, 1.165) is 12.1 Å². The molecule has 4 heteroatoms. The summed E-state index contributed by atoms with van der Waals surface area (Å²) in [5.41, 5.74) is 0.877. The number of pyridine rings is 1. The van der Waals surface area contributed by atoms with Crippen LogP contribution < -0.4 is 5.32 Å². The van der Waals surface area contributed by atoms with Gasteiger partial charge >= 0.3 is 0 Å². The van der Waals surface area contributed by atoms with Crippen LogP contribution in [0.4, 0.5) is 0 Å². The van der Waals surface area contributed by atoms with Gasteiger partial charge in [-0.2, -0.15) is 0 Å². The third kappa shape index (κ3) is 4.16. The van der Waals surface area contributed by atoms with Gasteiger partial charge in [0.1, 0.15) is 5.15 Å². The summed E-state index contributed by atoms with van der Waals surface area (Å²) in [7, 11) is 0. The van der Waals surface area contributed by atoms with E-state index in [1.54, 1.807) is 6.20 Å². The molecule has 0 fully saturated rings. The van der Waals surface area contributed by atoms with E-state index in [1.807, 2.05) is 26.0 Å². The fourth-order valence-corrected chi connectivity index (χ4v) is 1.33. The first-order valence-electron chi connectivity index (χ1n) is 4.96. The third-order valence-electron chi connectivity index (χ3n) is 2.18. The van der Waals surface area contributed by atoms with Gasteiger partial charge in [-0.05, 0) is 6.07 Å². The van der Waals surface area contributed by atoms with Crippen molar-refractivity contribution in [2.45, 2.75) is 20.4 Å². The molecule has 0 unspecified atom stereocenters. The topological polar surface area (TPSA) is 45.1 Å². The predicted octanol–water partition coefficient (Wildman–Crippen LogP) is 1.84. The number of rotatable bonds is 5. The first-order valence-corrected chi connectivity index (χ1v) is 5.34. The first-order chi connectivity index (χ1) is 7.05. The van der Waals surface area contributed by atoms with Crippen LogP contribution in [0, 0.1) is 5.41 Å². The van der Waals surface area contributed by atoms with Crippen LogP contribution in [0.3, 0.4) is 0 Å². The number of halogens is 1. The van der Waals surface area contributed by atoms with Crippen LogP contribution in [-0.4, -0.2) is 23.2 Å². The molecule has 0 aromatic carbocycles. The second-order valence-electron chi connectivity index (χ2n) is 4.38. The van der Waals surface area contributed by atoms with Crippen molar-refractivity contribution in [3.8, 4) is 0 Å². The number of aliphatic hydroxyl groups excluding tert-OH is 1. The maximum Gasteiger partial charge on any atom is 0.133 e. The van der Waals surface area contributed by atoms with Gasteiger partial charge in [-0.25, -0.2) is 4.98 Å². The highest BCUT2D eigenvalue weighted by atomic mass is 35.5. The van der Waals surface area contributed by atoms with Crippen LogP contribution in [0.2, 0.25) is 5.15 Å². The van der Waals surface area contributed by atoms with Gasteiger partial charge in [0.25, 0.3) is 0 Å². The molecule has 1 heterocycles. The Morgan fingerprint density at radius 1 is 1.53 bits per heavy atom. The number of aliphatic hydroxyl groups is 1. The second kappa shape index (κ2) is 5.45. The highest BCUT2D eigenvalue weighted by Gasteiger charge is 2.15. The van der Waals surface area contributed by atoms with E-state index in [2.05, 4.69) is 10.3 Å². The molecule has 0 amide bonds. The summed E-state index contributed by atoms with van der Waals surface area (Å²) in [4.78, 5) is 3.99. The molecule has 3 nitrogen and oxygen atoms in total. The van der Waals surface area contributed by atoms with Crippen molar-refractivity contribution < 1.29 is 5.11 Å². The number of aromatic nitrogens is 1. The second-order valence-corrected chi connectivity index (χ2v) is 4.74. The smallest absolute Gasteiger partial charge is 0.133 e. The summed E-state index contributed by atoms with van der Waals surface area (Å²) in [6.45, 7) is 5.60. The van der Waals surface area contributed by atoms with Gasteiger partial charge in [0.15, 0.2) is 0 Å². The van der Waals surface area contributed by atoms with E-state index in [4.69, 9.17) is 16.7 Å². The number of nitrogens with one attached hydrogen (secondary N) is 1. The normalized spacial score (nSPS) is 11.7. The molecular weight excluding hydrogens is 212 g/mol. The summed E-state index contributed by atoms with van der Waals surface area (Å²) < 4.78 is 0. The molecule has 84 valence electrons. The van der Waals surface area contributed by atoms with E-state index in [-0.39, 0.29) is 12.0 Å². The molecule has 15 heavy (non-hydrogen) atoms. The predicted molar refractivity (Wildman–Crippen MR) is 61.8 cm³/mol. The molecule has 0 radical (unpaired) electrons. The summed E-state index contributed by atoms with van der Waals surface area (Å²) in [6, 6.07) is 3.80. The zero-order chi connectivity index (χ0) is 11.3. The zero-order valence-corrected chi connectivity index (χ0v) is 9.88. The molecule has 1 rings (SSSR count).